The molecule has 0 radical (unpaired) electrons. The van der Waals surface area contributed by atoms with Crippen molar-refractivity contribution in [3.8, 4) is 0 Å². The molecular formula is C18H21FN2O3. The van der Waals surface area contributed by atoms with Gasteiger partial charge in [0.15, 0.2) is 0 Å². The van der Waals surface area contributed by atoms with Gasteiger partial charge < -0.3 is 5.32 Å². The van der Waals surface area contributed by atoms with E-state index in [1.807, 2.05) is 0 Å². The lowest BCUT2D eigenvalue weighted by Crippen LogP contribution is -2.40. The molecule has 1 saturated heterocycles. The highest BCUT2D eigenvalue weighted by Crippen LogP contribution is 2.37. The van der Waals surface area contributed by atoms with Crippen LogP contribution in [0.2, 0.25) is 0 Å². The molecule has 3 amide bonds. The Morgan fingerprint density at radius 3 is 2.42 bits per heavy atom. The number of fused-ring (bicyclic) bond motifs is 1. The zero-order chi connectivity index (χ0) is 17.3. The zero-order valence-electron chi connectivity index (χ0n) is 13.7. The largest absolute Gasteiger partial charge is 0.350 e. The number of aryl methyl sites for hydroxylation is 1. The first-order valence-electron chi connectivity index (χ1n) is 8.34. The summed E-state index contributed by atoms with van der Waals surface area (Å²) in [7, 11) is 0. The van der Waals surface area contributed by atoms with Gasteiger partial charge in [-0.15, -0.1) is 0 Å². The van der Waals surface area contributed by atoms with Gasteiger partial charge in [0.05, 0.1) is 11.8 Å². The number of benzene rings is 1. The van der Waals surface area contributed by atoms with Crippen molar-refractivity contribution < 1.29 is 18.8 Å². The molecule has 2 fully saturated rings. The number of amides is 3. The maximum absolute atomic E-state index is 13.5. The van der Waals surface area contributed by atoms with E-state index >= 15 is 0 Å². The van der Waals surface area contributed by atoms with Crippen molar-refractivity contribution in [3.05, 3.63) is 35.1 Å². The predicted molar refractivity (Wildman–Crippen MR) is 85.2 cm³/mol. The molecule has 1 saturated carbocycles. The van der Waals surface area contributed by atoms with E-state index in [0.717, 1.165) is 30.6 Å². The van der Waals surface area contributed by atoms with Gasteiger partial charge in [-0.3, -0.25) is 19.3 Å². The lowest BCUT2D eigenvalue weighted by atomic mass is 9.81. The molecule has 24 heavy (non-hydrogen) atoms. The third kappa shape index (κ3) is 3.18. The van der Waals surface area contributed by atoms with E-state index in [1.165, 1.54) is 6.07 Å². The average Bonchev–Trinajstić information content (AvgIpc) is 2.81. The van der Waals surface area contributed by atoms with Gasteiger partial charge in [-0.1, -0.05) is 25.0 Å². The fourth-order valence-electron chi connectivity index (χ4n) is 3.53. The molecule has 0 spiro atoms. The molecule has 2 aliphatic rings. The molecule has 2 unspecified atom stereocenters. The molecule has 1 heterocycles. The van der Waals surface area contributed by atoms with E-state index in [2.05, 4.69) is 5.32 Å². The number of nitrogens with one attached hydrogen (secondary N) is 1. The minimum Gasteiger partial charge on any atom is -0.350 e. The summed E-state index contributed by atoms with van der Waals surface area (Å²) >= 11 is 0. The second kappa shape index (κ2) is 6.71. The van der Waals surface area contributed by atoms with Crippen LogP contribution in [0.5, 0.6) is 0 Å². The van der Waals surface area contributed by atoms with E-state index in [1.54, 1.807) is 19.1 Å². The van der Waals surface area contributed by atoms with Gasteiger partial charge >= 0.3 is 0 Å². The van der Waals surface area contributed by atoms with Crippen LogP contribution in [0, 0.1) is 24.6 Å². The van der Waals surface area contributed by atoms with Crippen molar-refractivity contribution in [1.82, 2.24) is 10.2 Å². The Bertz CT molecular complexity index is 665. The normalized spacial score (nSPS) is 23.3. The van der Waals surface area contributed by atoms with Crippen LogP contribution in [-0.4, -0.2) is 29.2 Å². The Balaban J connectivity index is 1.57. The number of rotatable bonds is 4. The maximum Gasteiger partial charge on any atom is 0.240 e. The van der Waals surface area contributed by atoms with Crippen molar-refractivity contribution in [2.45, 2.75) is 39.2 Å². The summed E-state index contributed by atoms with van der Waals surface area (Å²) in [6, 6.07) is 4.75. The molecule has 0 bridgehead atoms. The van der Waals surface area contributed by atoms with E-state index in [-0.39, 0.29) is 42.6 Å². The molecule has 0 aromatic heterocycles. The van der Waals surface area contributed by atoms with E-state index < -0.39 is 5.91 Å². The SMILES string of the molecule is Cc1ccc(CNC(=O)CN2C(=O)C3CCCCC3C2=O)cc1F. The topological polar surface area (TPSA) is 66.5 Å². The molecule has 5 nitrogen and oxygen atoms in total. The van der Waals surface area contributed by atoms with Crippen LogP contribution in [0.1, 0.15) is 36.8 Å². The lowest BCUT2D eigenvalue weighted by Gasteiger charge is -2.19. The second-order valence-corrected chi connectivity index (χ2v) is 6.62. The highest BCUT2D eigenvalue weighted by atomic mass is 19.1. The number of hydrogen-bond donors (Lipinski definition) is 1. The third-order valence-corrected chi connectivity index (χ3v) is 4.96. The van der Waals surface area contributed by atoms with Gasteiger partial charge in [0.1, 0.15) is 12.4 Å². The summed E-state index contributed by atoms with van der Waals surface area (Å²) in [4.78, 5) is 37.8. The first-order valence-corrected chi connectivity index (χ1v) is 8.34. The van der Waals surface area contributed by atoms with Crippen molar-refractivity contribution in [2.24, 2.45) is 11.8 Å². The summed E-state index contributed by atoms with van der Waals surface area (Å²) in [5.74, 6) is -1.66. The number of imide groups is 1. The Morgan fingerprint density at radius 2 is 1.83 bits per heavy atom. The van der Waals surface area contributed by atoms with Crippen LogP contribution in [0.15, 0.2) is 18.2 Å². The van der Waals surface area contributed by atoms with Gasteiger partial charge in [0, 0.05) is 6.54 Å². The van der Waals surface area contributed by atoms with E-state index in [4.69, 9.17) is 0 Å². The molecule has 1 aliphatic carbocycles. The van der Waals surface area contributed by atoms with E-state index in [0.29, 0.717) is 11.1 Å². The maximum atomic E-state index is 13.5. The summed E-state index contributed by atoms with van der Waals surface area (Å²) in [6.45, 7) is 1.58. The Morgan fingerprint density at radius 1 is 1.21 bits per heavy atom. The lowest BCUT2D eigenvalue weighted by molar-refractivity contribution is -0.143. The van der Waals surface area contributed by atoms with Gasteiger partial charge in [-0.05, 0) is 37.0 Å². The standard InChI is InChI=1S/C18H21FN2O3/c1-11-6-7-12(8-15(11)19)9-20-16(22)10-21-17(23)13-4-2-3-5-14(13)18(21)24/h6-8,13-14H,2-5,9-10H2,1H3,(H,20,22). The van der Waals surface area contributed by atoms with Crippen molar-refractivity contribution in [3.63, 3.8) is 0 Å². The monoisotopic (exact) mass is 332 g/mol. The van der Waals surface area contributed by atoms with Crippen molar-refractivity contribution in [1.29, 1.82) is 0 Å². The summed E-state index contributed by atoms with van der Waals surface area (Å²) in [6.07, 6.45) is 3.38. The minimum absolute atomic E-state index is 0.166. The van der Waals surface area contributed by atoms with Crippen LogP contribution < -0.4 is 5.32 Å². The van der Waals surface area contributed by atoms with Crippen molar-refractivity contribution in [2.75, 3.05) is 6.54 Å². The Labute approximate surface area is 140 Å². The highest BCUT2D eigenvalue weighted by Gasteiger charge is 2.48. The zero-order valence-corrected chi connectivity index (χ0v) is 13.7. The number of halogens is 1. The highest BCUT2D eigenvalue weighted by molar-refractivity contribution is 6.07. The quantitative estimate of drug-likeness (QED) is 0.857. The summed E-state index contributed by atoms with van der Waals surface area (Å²) < 4.78 is 13.5. The van der Waals surface area contributed by atoms with Crippen LogP contribution >= 0.6 is 0 Å². The summed E-state index contributed by atoms with van der Waals surface area (Å²) in [5.41, 5.74) is 1.18. The fraction of sp³-hybridized carbons (Fsp3) is 0.500. The molecule has 2 atom stereocenters. The molecule has 128 valence electrons. The van der Waals surface area contributed by atoms with Crippen LogP contribution in [-0.2, 0) is 20.9 Å². The predicted octanol–water partition coefficient (Wildman–Crippen LogP) is 1.93. The van der Waals surface area contributed by atoms with Crippen LogP contribution in [0.3, 0.4) is 0 Å². The van der Waals surface area contributed by atoms with Gasteiger partial charge in [0.2, 0.25) is 17.7 Å². The molecular weight excluding hydrogens is 311 g/mol. The van der Waals surface area contributed by atoms with Gasteiger partial charge in [-0.2, -0.15) is 0 Å². The smallest absolute Gasteiger partial charge is 0.240 e. The fourth-order valence-corrected chi connectivity index (χ4v) is 3.53. The second-order valence-electron chi connectivity index (χ2n) is 6.62. The first-order chi connectivity index (χ1) is 11.5. The minimum atomic E-state index is -0.406. The molecule has 3 rings (SSSR count). The molecule has 1 aliphatic heterocycles. The van der Waals surface area contributed by atoms with Crippen molar-refractivity contribution >= 4 is 17.7 Å². The van der Waals surface area contributed by atoms with Crippen LogP contribution in [0.4, 0.5) is 4.39 Å². The molecule has 6 heteroatoms. The number of carbonyl (C=O) groups is 3. The van der Waals surface area contributed by atoms with Gasteiger partial charge in [0.25, 0.3) is 0 Å². The van der Waals surface area contributed by atoms with E-state index in [9.17, 15) is 18.8 Å². The van der Waals surface area contributed by atoms with Gasteiger partial charge in [-0.25, -0.2) is 4.39 Å². The summed E-state index contributed by atoms with van der Waals surface area (Å²) in [5, 5.41) is 2.64. The number of likely N-dealkylation sites (tertiary alicyclic amines) is 1. The Kier molecular flexibility index (Phi) is 4.64. The number of hydrogen-bond acceptors (Lipinski definition) is 3. The number of carbonyl (C=O) groups excluding carboxylic acids is 3. The van der Waals surface area contributed by atoms with Crippen LogP contribution in [0.25, 0.3) is 0 Å². The molecule has 1 aromatic rings. The molecule has 1 N–H and O–H groups in total. The third-order valence-electron chi connectivity index (χ3n) is 4.96. The number of nitrogens with zero attached hydrogens (tertiary/aromatic N) is 1. The average molecular weight is 332 g/mol. The molecule has 1 aromatic carbocycles. The first kappa shape index (κ1) is 16.6. The Hall–Kier alpha value is -2.24.